The van der Waals surface area contributed by atoms with Gasteiger partial charge in [0.05, 0.1) is 28.7 Å². The van der Waals surface area contributed by atoms with Crippen LogP contribution in [0.3, 0.4) is 0 Å². The van der Waals surface area contributed by atoms with E-state index in [0.29, 0.717) is 6.10 Å². The summed E-state index contributed by atoms with van der Waals surface area (Å²) in [7, 11) is 0. The SMILES string of the molecule is Cc1nn(-c2ccccc2)c(C)c1C(=O)N1CCN(C[C@@H]2CCCO2)CC1. The molecule has 6 heteroatoms. The molecule has 2 saturated heterocycles. The Labute approximate surface area is 160 Å². The number of benzene rings is 1. The molecule has 2 fully saturated rings. The summed E-state index contributed by atoms with van der Waals surface area (Å²) in [5.74, 6) is 0.101. The standard InChI is InChI=1S/C21H28N4O2/c1-16-20(17(2)25(22-16)18-7-4-3-5-8-18)21(26)24-12-10-23(11-13-24)15-19-9-6-14-27-19/h3-5,7-8,19H,6,9-15H2,1-2H3/t19-/m0/s1. The molecule has 0 spiro atoms. The Morgan fingerprint density at radius 1 is 1.15 bits per heavy atom. The van der Waals surface area contributed by atoms with Crippen molar-refractivity contribution in [1.29, 1.82) is 0 Å². The van der Waals surface area contributed by atoms with Gasteiger partial charge in [-0.1, -0.05) is 18.2 Å². The predicted octanol–water partition coefficient (Wildman–Crippen LogP) is 2.43. The van der Waals surface area contributed by atoms with Crippen molar-refractivity contribution < 1.29 is 9.53 Å². The van der Waals surface area contributed by atoms with E-state index in [-0.39, 0.29) is 5.91 Å². The Morgan fingerprint density at radius 3 is 2.56 bits per heavy atom. The van der Waals surface area contributed by atoms with Gasteiger partial charge in [0.25, 0.3) is 5.91 Å². The number of aryl methyl sites for hydroxylation is 1. The van der Waals surface area contributed by atoms with Gasteiger partial charge in [-0.25, -0.2) is 4.68 Å². The molecule has 0 aliphatic carbocycles. The molecule has 1 atom stereocenters. The Balaban J connectivity index is 1.44. The van der Waals surface area contributed by atoms with Gasteiger partial charge in [-0.05, 0) is 38.8 Å². The molecule has 2 aromatic rings. The summed E-state index contributed by atoms with van der Waals surface area (Å²) in [6, 6.07) is 9.98. The molecule has 2 aliphatic heterocycles. The van der Waals surface area contributed by atoms with Crippen molar-refractivity contribution in [3.05, 3.63) is 47.3 Å². The molecule has 1 aromatic heterocycles. The Bertz CT molecular complexity index is 788. The molecule has 27 heavy (non-hydrogen) atoms. The summed E-state index contributed by atoms with van der Waals surface area (Å²) in [5.41, 5.74) is 3.43. The van der Waals surface area contributed by atoms with Crippen LogP contribution < -0.4 is 0 Å². The smallest absolute Gasteiger partial charge is 0.257 e. The van der Waals surface area contributed by atoms with E-state index < -0.39 is 0 Å². The van der Waals surface area contributed by atoms with E-state index >= 15 is 0 Å². The van der Waals surface area contributed by atoms with Crippen molar-refractivity contribution in [1.82, 2.24) is 19.6 Å². The highest BCUT2D eigenvalue weighted by Crippen LogP contribution is 2.21. The first-order valence-electron chi connectivity index (χ1n) is 9.88. The number of hydrogen-bond donors (Lipinski definition) is 0. The summed E-state index contributed by atoms with van der Waals surface area (Å²) in [6.07, 6.45) is 2.71. The molecule has 3 heterocycles. The number of hydrogen-bond acceptors (Lipinski definition) is 4. The average molecular weight is 368 g/mol. The van der Waals surface area contributed by atoms with E-state index in [1.54, 1.807) is 0 Å². The molecule has 0 saturated carbocycles. The fraction of sp³-hybridized carbons (Fsp3) is 0.524. The maximum atomic E-state index is 13.2. The maximum absolute atomic E-state index is 13.2. The molecular formula is C21H28N4O2. The van der Waals surface area contributed by atoms with Crippen LogP contribution >= 0.6 is 0 Å². The number of carbonyl (C=O) groups is 1. The lowest BCUT2D eigenvalue weighted by molar-refractivity contribution is 0.0432. The van der Waals surface area contributed by atoms with Gasteiger partial charge in [0.2, 0.25) is 0 Å². The fourth-order valence-electron chi connectivity index (χ4n) is 4.14. The van der Waals surface area contributed by atoms with Crippen molar-refractivity contribution >= 4 is 5.91 Å². The third-order valence-electron chi connectivity index (χ3n) is 5.65. The number of aromatic nitrogens is 2. The molecular weight excluding hydrogens is 340 g/mol. The highest BCUT2D eigenvalue weighted by Gasteiger charge is 2.28. The second-order valence-corrected chi connectivity index (χ2v) is 7.52. The zero-order chi connectivity index (χ0) is 18.8. The van der Waals surface area contributed by atoms with Gasteiger partial charge >= 0.3 is 0 Å². The first kappa shape index (κ1) is 18.2. The third-order valence-corrected chi connectivity index (χ3v) is 5.65. The van der Waals surface area contributed by atoms with Gasteiger partial charge in [-0.3, -0.25) is 9.69 Å². The quantitative estimate of drug-likeness (QED) is 0.832. The van der Waals surface area contributed by atoms with Crippen molar-refractivity contribution in [3.63, 3.8) is 0 Å². The van der Waals surface area contributed by atoms with Gasteiger partial charge in [0.1, 0.15) is 0 Å². The lowest BCUT2D eigenvalue weighted by Crippen LogP contribution is -2.50. The molecule has 0 unspecified atom stereocenters. The lowest BCUT2D eigenvalue weighted by atomic mass is 10.1. The van der Waals surface area contributed by atoms with Gasteiger partial charge < -0.3 is 9.64 Å². The van der Waals surface area contributed by atoms with Crippen molar-refractivity contribution in [2.45, 2.75) is 32.8 Å². The van der Waals surface area contributed by atoms with Crippen LogP contribution in [0, 0.1) is 13.8 Å². The maximum Gasteiger partial charge on any atom is 0.257 e. The van der Waals surface area contributed by atoms with Gasteiger partial charge in [-0.15, -0.1) is 0 Å². The molecule has 1 amide bonds. The number of para-hydroxylation sites is 1. The normalized spacial score (nSPS) is 21.0. The van der Waals surface area contributed by atoms with Gasteiger partial charge in [-0.2, -0.15) is 5.10 Å². The Morgan fingerprint density at radius 2 is 1.89 bits per heavy atom. The molecule has 0 N–H and O–H groups in total. The van der Waals surface area contributed by atoms with Crippen LogP contribution in [0.1, 0.15) is 34.6 Å². The largest absolute Gasteiger partial charge is 0.377 e. The second kappa shape index (κ2) is 7.82. The highest BCUT2D eigenvalue weighted by molar-refractivity contribution is 5.96. The van der Waals surface area contributed by atoms with Gasteiger partial charge in [0.15, 0.2) is 0 Å². The summed E-state index contributed by atoms with van der Waals surface area (Å²) < 4.78 is 7.61. The monoisotopic (exact) mass is 368 g/mol. The first-order valence-corrected chi connectivity index (χ1v) is 9.88. The number of rotatable bonds is 4. The predicted molar refractivity (Wildman–Crippen MR) is 104 cm³/mol. The molecule has 2 aliphatic rings. The Hall–Kier alpha value is -2.18. The minimum absolute atomic E-state index is 0.101. The van der Waals surface area contributed by atoms with Crippen molar-refractivity contribution in [2.24, 2.45) is 0 Å². The Kier molecular flexibility index (Phi) is 5.27. The number of piperazine rings is 1. The van der Waals surface area contributed by atoms with Crippen LogP contribution in [-0.2, 0) is 4.74 Å². The van der Waals surface area contributed by atoms with Gasteiger partial charge in [0, 0.05) is 39.3 Å². The minimum atomic E-state index is 0.101. The number of amides is 1. The zero-order valence-corrected chi connectivity index (χ0v) is 16.2. The first-order chi connectivity index (χ1) is 13.1. The zero-order valence-electron chi connectivity index (χ0n) is 16.2. The average Bonchev–Trinajstić information content (AvgIpc) is 3.30. The molecule has 0 radical (unpaired) electrons. The number of ether oxygens (including phenoxy) is 1. The van der Waals surface area contributed by atoms with Crippen LogP contribution in [0.15, 0.2) is 30.3 Å². The van der Waals surface area contributed by atoms with E-state index in [2.05, 4.69) is 10.00 Å². The van der Waals surface area contributed by atoms with E-state index in [1.165, 1.54) is 6.42 Å². The van der Waals surface area contributed by atoms with Crippen LogP contribution in [0.4, 0.5) is 0 Å². The summed E-state index contributed by atoms with van der Waals surface area (Å²) in [4.78, 5) is 17.6. The number of carbonyl (C=O) groups excluding carboxylic acids is 1. The molecule has 144 valence electrons. The third kappa shape index (κ3) is 3.77. The minimum Gasteiger partial charge on any atom is -0.377 e. The van der Waals surface area contributed by atoms with Crippen LogP contribution in [0.5, 0.6) is 0 Å². The molecule has 1 aromatic carbocycles. The van der Waals surface area contributed by atoms with Crippen molar-refractivity contribution in [3.8, 4) is 5.69 Å². The summed E-state index contributed by atoms with van der Waals surface area (Å²) >= 11 is 0. The highest BCUT2D eigenvalue weighted by atomic mass is 16.5. The second-order valence-electron chi connectivity index (χ2n) is 7.52. The lowest BCUT2D eigenvalue weighted by Gasteiger charge is -2.35. The van der Waals surface area contributed by atoms with E-state index in [0.717, 1.165) is 68.4 Å². The summed E-state index contributed by atoms with van der Waals surface area (Å²) in [5, 5.41) is 4.62. The topological polar surface area (TPSA) is 50.6 Å². The van der Waals surface area contributed by atoms with E-state index in [9.17, 15) is 4.79 Å². The van der Waals surface area contributed by atoms with Crippen LogP contribution in [0.2, 0.25) is 0 Å². The van der Waals surface area contributed by atoms with E-state index in [1.807, 2.05) is 53.8 Å². The van der Waals surface area contributed by atoms with Crippen LogP contribution in [-0.4, -0.2) is 70.9 Å². The molecule has 4 rings (SSSR count). The number of nitrogens with zero attached hydrogens (tertiary/aromatic N) is 4. The van der Waals surface area contributed by atoms with Crippen molar-refractivity contribution in [2.75, 3.05) is 39.3 Å². The molecule has 0 bridgehead atoms. The van der Waals surface area contributed by atoms with E-state index in [4.69, 9.17) is 4.74 Å². The fourth-order valence-corrected chi connectivity index (χ4v) is 4.14. The van der Waals surface area contributed by atoms with Crippen LogP contribution in [0.25, 0.3) is 5.69 Å². The summed E-state index contributed by atoms with van der Waals surface area (Å²) in [6.45, 7) is 9.15. The molecule has 6 nitrogen and oxygen atoms in total.